The lowest BCUT2D eigenvalue weighted by atomic mass is 9.93. The van der Waals surface area contributed by atoms with Crippen LogP contribution in [0.5, 0.6) is 0 Å². The highest BCUT2D eigenvalue weighted by molar-refractivity contribution is 5.98. The molecule has 0 spiro atoms. The first-order chi connectivity index (χ1) is 9.77. The number of anilines is 1. The first-order valence-corrected chi connectivity index (χ1v) is 7.32. The van der Waals surface area contributed by atoms with E-state index in [1.807, 2.05) is 4.90 Å². The summed E-state index contributed by atoms with van der Waals surface area (Å²) in [4.78, 5) is 18.7. The molecule has 0 unspecified atom stereocenters. The second-order valence-corrected chi connectivity index (χ2v) is 5.16. The fourth-order valence-corrected chi connectivity index (χ4v) is 2.88. The fourth-order valence-electron chi connectivity index (χ4n) is 2.88. The van der Waals surface area contributed by atoms with Crippen LogP contribution in [0.2, 0.25) is 0 Å². The minimum absolute atomic E-state index is 0.00259. The molecule has 2 N–H and O–H groups in total. The number of rotatable bonds is 5. The number of nitrogens with zero attached hydrogens (tertiary/aromatic N) is 2. The van der Waals surface area contributed by atoms with Crippen molar-refractivity contribution < 1.29 is 9.90 Å². The number of hydrogen-bond acceptors (Lipinski definition) is 4. The molecule has 110 valence electrons. The van der Waals surface area contributed by atoms with Crippen molar-refractivity contribution in [3.05, 3.63) is 23.9 Å². The van der Waals surface area contributed by atoms with Crippen LogP contribution in [0, 0.1) is 0 Å². The van der Waals surface area contributed by atoms with Crippen molar-refractivity contribution in [3.63, 3.8) is 0 Å². The second-order valence-electron chi connectivity index (χ2n) is 5.16. The maximum atomic E-state index is 12.7. The van der Waals surface area contributed by atoms with Crippen molar-refractivity contribution in [1.82, 2.24) is 9.88 Å². The zero-order valence-electron chi connectivity index (χ0n) is 12.0. The monoisotopic (exact) mass is 277 g/mol. The first-order valence-electron chi connectivity index (χ1n) is 7.32. The number of aliphatic hydroxyl groups is 1. The van der Waals surface area contributed by atoms with E-state index in [9.17, 15) is 9.90 Å². The van der Waals surface area contributed by atoms with Crippen LogP contribution >= 0.6 is 0 Å². The highest BCUT2D eigenvalue weighted by Gasteiger charge is 2.27. The van der Waals surface area contributed by atoms with Gasteiger partial charge in [0.15, 0.2) is 0 Å². The van der Waals surface area contributed by atoms with Gasteiger partial charge in [0.2, 0.25) is 0 Å². The van der Waals surface area contributed by atoms with Crippen molar-refractivity contribution in [3.8, 4) is 0 Å². The predicted molar refractivity (Wildman–Crippen MR) is 78.8 cm³/mol. The van der Waals surface area contributed by atoms with Gasteiger partial charge in [0.25, 0.3) is 5.91 Å². The maximum absolute atomic E-state index is 12.7. The van der Waals surface area contributed by atoms with E-state index in [-0.39, 0.29) is 18.6 Å². The number of nitrogens with one attached hydrogen (secondary N) is 1. The van der Waals surface area contributed by atoms with E-state index in [2.05, 4.69) is 10.3 Å². The van der Waals surface area contributed by atoms with Gasteiger partial charge in [-0.3, -0.25) is 4.79 Å². The molecule has 1 amide bonds. The zero-order chi connectivity index (χ0) is 14.4. The highest BCUT2D eigenvalue weighted by atomic mass is 16.3. The van der Waals surface area contributed by atoms with Gasteiger partial charge in [0.05, 0.1) is 12.2 Å². The minimum atomic E-state index is -0.0385. The van der Waals surface area contributed by atoms with Crippen molar-refractivity contribution >= 4 is 11.7 Å². The van der Waals surface area contributed by atoms with E-state index in [0.29, 0.717) is 17.9 Å². The van der Waals surface area contributed by atoms with Crippen LogP contribution in [0.4, 0.5) is 5.82 Å². The summed E-state index contributed by atoms with van der Waals surface area (Å²) in [6, 6.07) is 3.80. The molecule has 5 nitrogen and oxygen atoms in total. The van der Waals surface area contributed by atoms with Gasteiger partial charge >= 0.3 is 0 Å². The molecule has 1 heterocycles. The van der Waals surface area contributed by atoms with Gasteiger partial charge < -0.3 is 15.3 Å². The summed E-state index contributed by atoms with van der Waals surface area (Å²) in [5.41, 5.74) is 0.578. The van der Waals surface area contributed by atoms with Crippen LogP contribution in [-0.4, -0.2) is 47.1 Å². The molecular weight excluding hydrogens is 254 g/mol. The minimum Gasteiger partial charge on any atom is -0.395 e. The molecule has 1 fully saturated rings. The third-order valence-corrected chi connectivity index (χ3v) is 3.89. The van der Waals surface area contributed by atoms with Gasteiger partial charge in [-0.15, -0.1) is 0 Å². The molecule has 5 heteroatoms. The van der Waals surface area contributed by atoms with Crippen molar-refractivity contribution in [2.75, 3.05) is 25.5 Å². The normalized spacial score (nSPS) is 15.9. The van der Waals surface area contributed by atoms with Gasteiger partial charge in [-0.1, -0.05) is 19.3 Å². The Morgan fingerprint density at radius 3 is 2.85 bits per heavy atom. The summed E-state index contributed by atoms with van der Waals surface area (Å²) < 4.78 is 0. The van der Waals surface area contributed by atoms with Crippen molar-refractivity contribution in [2.24, 2.45) is 0 Å². The number of hydrogen-bond donors (Lipinski definition) is 2. The average Bonchev–Trinajstić information content (AvgIpc) is 2.52. The van der Waals surface area contributed by atoms with E-state index in [0.717, 1.165) is 25.7 Å². The van der Waals surface area contributed by atoms with Crippen LogP contribution < -0.4 is 5.32 Å². The molecule has 1 saturated carbocycles. The molecule has 0 bridgehead atoms. The molecule has 0 radical (unpaired) electrons. The molecule has 1 aromatic rings. The summed E-state index contributed by atoms with van der Waals surface area (Å²) in [5, 5.41) is 12.2. The number of aliphatic hydroxyl groups excluding tert-OH is 1. The molecule has 0 saturated heterocycles. The van der Waals surface area contributed by atoms with Crippen molar-refractivity contribution in [2.45, 2.75) is 38.1 Å². The molecule has 2 rings (SSSR count). The lowest BCUT2D eigenvalue weighted by Gasteiger charge is -2.34. The third kappa shape index (κ3) is 3.28. The number of carbonyl (C=O) groups is 1. The van der Waals surface area contributed by atoms with Crippen LogP contribution in [0.15, 0.2) is 18.3 Å². The molecule has 1 aromatic heterocycles. The van der Waals surface area contributed by atoms with E-state index in [1.54, 1.807) is 25.4 Å². The summed E-state index contributed by atoms with van der Waals surface area (Å²) >= 11 is 0. The Hall–Kier alpha value is -1.62. The van der Waals surface area contributed by atoms with E-state index < -0.39 is 0 Å². The summed E-state index contributed by atoms with van der Waals surface area (Å²) in [6.45, 7) is 0.388. The smallest absolute Gasteiger partial charge is 0.257 e. The van der Waals surface area contributed by atoms with Gasteiger partial charge in [0, 0.05) is 25.8 Å². The van der Waals surface area contributed by atoms with Crippen LogP contribution in [0.1, 0.15) is 42.5 Å². The molecular formula is C15H23N3O2. The topological polar surface area (TPSA) is 65.5 Å². The molecule has 0 aromatic carbocycles. The van der Waals surface area contributed by atoms with Crippen LogP contribution in [0.25, 0.3) is 0 Å². The summed E-state index contributed by atoms with van der Waals surface area (Å²) in [5.74, 6) is 0.555. The molecule has 1 aliphatic carbocycles. The number of pyridine rings is 1. The van der Waals surface area contributed by atoms with Gasteiger partial charge in [-0.2, -0.15) is 0 Å². The number of carbonyl (C=O) groups excluding carboxylic acids is 1. The van der Waals surface area contributed by atoms with Gasteiger partial charge in [0.1, 0.15) is 5.82 Å². The highest BCUT2D eigenvalue weighted by Crippen LogP contribution is 2.25. The quantitative estimate of drug-likeness (QED) is 0.862. The Balaban J connectivity index is 2.21. The SMILES string of the molecule is CNc1ncccc1C(=O)N(CCO)C1CCCCC1. The van der Waals surface area contributed by atoms with Gasteiger partial charge in [-0.05, 0) is 25.0 Å². The standard InChI is InChI=1S/C15H23N3O2/c1-16-14-13(8-5-9-17-14)15(20)18(10-11-19)12-6-3-2-4-7-12/h5,8-9,12,19H,2-4,6-7,10-11H2,1H3,(H,16,17). The Morgan fingerprint density at radius 2 is 2.20 bits per heavy atom. The summed E-state index contributed by atoms with van der Waals surface area (Å²) in [7, 11) is 1.76. The summed E-state index contributed by atoms with van der Waals surface area (Å²) in [6.07, 6.45) is 7.28. The first kappa shape index (κ1) is 14.8. The maximum Gasteiger partial charge on any atom is 0.257 e. The van der Waals surface area contributed by atoms with Crippen LogP contribution in [-0.2, 0) is 0 Å². The lowest BCUT2D eigenvalue weighted by molar-refractivity contribution is 0.0586. The third-order valence-electron chi connectivity index (χ3n) is 3.89. The Morgan fingerprint density at radius 1 is 1.45 bits per heavy atom. The fraction of sp³-hybridized carbons (Fsp3) is 0.600. The molecule has 1 aliphatic rings. The Bertz CT molecular complexity index is 444. The Kier molecular flexibility index (Phi) is 5.35. The predicted octanol–water partition coefficient (Wildman–Crippen LogP) is 1.89. The molecule has 20 heavy (non-hydrogen) atoms. The number of amides is 1. The van der Waals surface area contributed by atoms with Crippen molar-refractivity contribution in [1.29, 1.82) is 0 Å². The van der Waals surface area contributed by atoms with E-state index in [1.165, 1.54) is 6.42 Å². The molecule has 0 aliphatic heterocycles. The largest absolute Gasteiger partial charge is 0.395 e. The number of aromatic nitrogens is 1. The van der Waals surface area contributed by atoms with Gasteiger partial charge in [-0.25, -0.2) is 4.98 Å². The zero-order valence-corrected chi connectivity index (χ0v) is 12.0. The lowest BCUT2D eigenvalue weighted by Crippen LogP contribution is -2.43. The van der Waals surface area contributed by atoms with Crippen LogP contribution in [0.3, 0.4) is 0 Å². The van der Waals surface area contributed by atoms with E-state index in [4.69, 9.17) is 0 Å². The van der Waals surface area contributed by atoms with E-state index >= 15 is 0 Å². The Labute approximate surface area is 120 Å². The second kappa shape index (κ2) is 7.24. The molecule has 0 atom stereocenters. The average molecular weight is 277 g/mol.